The molecule has 2 aromatic rings. The molecule has 0 aromatic heterocycles. The molecule has 0 radical (unpaired) electrons. The van der Waals surface area contributed by atoms with Gasteiger partial charge in [0.15, 0.2) is 0 Å². The lowest BCUT2D eigenvalue weighted by Crippen LogP contribution is -2.29. The molecular formula is C21H22ClN. The Hall–Kier alpha value is -1.99. The van der Waals surface area contributed by atoms with Gasteiger partial charge in [0, 0.05) is 23.8 Å². The van der Waals surface area contributed by atoms with Gasteiger partial charge in [-0.05, 0) is 60.2 Å². The maximum Gasteiger partial charge on any atom is 0.0406 e. The summed E-state index contributed by atoms with van der Waals surface area (Å²) in [5.74, 6) is 0. The highest BCUT2D eigenvalue weighted by molar-refractivity contribution is 6.30. The summed E-state index contributed by atoms with van der Waals surface area (Å²) in [5, 5.41) is 0.757. The average molecular weight is 324 g/mol. The van der Waals surface area contributed by atoms with Crippen LogP contribution in [0.5, 0.6) is 0 Å². The van der Waals surface area contributed by atoms with E-state index in [0.29, 0.717) is 0 Å². The Morgan fingerprint density at radius 3 is 2.00 bits per heavy atom. The average Bonchev–Trinajstić information content (AvgIpc) is 2.62. The summed E-state index contributed by atoms with van der Waals surface area (Å²) < 4.78 is 0. The lowest BCUT2D eigenvalue weighted by atomic mass is 9.97. The van der Waals surface area contributed by atoms with Crippen LogP contribution in [0.1, 0.15) is 30.4 Å². The molecule has 0 atom stereocenters. The van der Waals surface area contributed by atoms with Gasteiger partial charge in [0.05, 0.1) is 0 Å². The second kappa shape index (κ2) is 7.52. The first-order valence-electron chi connectivity index (χ1n) is 8.22. The molecule has 1 aliphatic heterocycles. The van der Waals surface area contributed by atoms with Gasteiger partial charge in [-0.2, -0.15) is 0 Å². The van der Waals surface area contributed by atoms with Crippen LogP contribution < -0.4 is 4.90 Å². The van der Waals surface area contributed by atoms with E-state index in [-0.39, 0.29) is 0 Å². The minimum Gasteiger partial charge on any atom is -0.372 e. The van der Waals surface area contributed by atoms with Crippen LogP contribution in [-0.4, -0.2) is 13.1 Å². The van der Waals surface area contributed by atoms with E-state index >= 15 is 0 Å². The minimum atomic E-state index is 0.757. The molecule has 0 N–H and O–H groups in total. The Morgan fingerprint density at radius 1 is 0.870 bits per heavy atom. The summed E-state index contributed by atoms with van der Waals surface area (Å²) in [4.78, 5) is 2.48. The molecule has 3 rings (SSSR count). The molecule has 2 heteroatoms. The highest BCUT2D eigenvalue weighted by Gasteiger charge is 2.11. The monoisotopic (exact) mass is 323 g/mol. The maximum atomic E-state index is 6.00. The zero-order valence-electron chi connectivity index (χ0n) is 13.3. The van der Waals surface area contributed by atoms with E-state index in [1.165, 1.54) is 49.2 Å². The van der Waals surface area contributed by atoms with E-state index in [9.17, 15) is 0 Å². The molecule has 1 saturated heterocycles. The molecule has 1 heterocycles. The number of halogens is 1. The Balaban J connectivity index is 1.87. The summed E-state index contributed by atoms with van der Waals surface area (Å²) in [5.41, 5.74) is 4.84. The van der Waals surface area contributed by atoms with Gasteiger partial charge in [-0.25, -0.2) is 0 Å². The van der Waals surface area contributed by atoms with E-state index in [2.05, 4.69) is 54.0 Å². The molecule has 0 amide bonds. The largest absolute Gasteiger partial charge is 0.372 e. The van der Waals surface area contributed by atoms with Crippen LogP contribution in [0.2, 0.25) is 5.02 Å². The molecule has 23 heavy (non-hydrogen) atoms. The molecule has 0 aliphatic carbocycles. The first-order chi connectivity index (χ1) is 11.3. The minimum absolute atomic E-state index is 0.757. The summed E-state index contributed by atoms with van der Waals surface area (Å²) in [6.45, 7) is 6.19. The van der Waals surface area contributed by atoms with Gasteiger partial charge in [-0.1, -0.05) is 54.6 Å². The van der Waals surface area contributed by atoms with Crippen LogP contribution in [0.3, 0.4) is 0 Å². The van der Waals surface area contributed by atoms with E-state index in [4.69, 9.17) is 11.6 Å². The molecule has 118 valence electrons. The predicted octanol–water partition coefficient (Wildman–Crippen LogP) is 5.95. The van der Waals surface area contributed by atoms with Crippen LogP contribution in [0.25, 0.3) is 5.57 Å². The first-order valence-corrected chi connectivity index (χ1v) is 8.60. The quantitative estimate of drug-likeness (QED) is 0.628. The number of nitrogens with zero attached hydrogens (tertiary/aromatic N) is 1. The van der Waals surface area contributed by atoms with Crippen LogP contribution in [0, 0.1) is 0 Å². The van der Waals surface area contributed by atoms with Crippen molar-refractivity contribution in [1.29, 1.82) is 0 Å². The van der Waals surface area contributed by atoms with Gasteiger partial charge in [0.25, 0.3) is 0 Å². The van der Waals surface area contributed by atoms with Gasteiger partial charge >= 0.3 is 0 Å². The molecule has 0 unspecified atom stereocenters. The standard InChI is InChI=1S/C21H22ClN/c1-2-6-21(17-7-11-19(22)12-8-17)18-9-13-20(14-10-18)23-15-4-3-5-16-23/h2,6-14H,1,3-5,15-16H2. The summed E-state index contributed by atoms with van der Waals surface area (Å²) in [7, 11) is 0. The van der Waals surface area contributed by atoms with E-state index in [1.54, 1.807) is 0 Å². The normalized spacial score (nSPS) is 15.5. The van der Waals surface area contributed by atoms with Crippen LogP contribution in [-0.2, 0) is 0 Å². The van der Waals surface area contributed by atoms with Gasteiger partial charge in [0.1, 0.15) is 0 Å². The summed E-state index contributed by atoms with van der Waals surface area (Å²) in [6.07, 6.45) is 7.85. The number of benzene rings is 2. The second-order valence-electron chi connectivity index (χ2n) is 5.92. The van der Waals surface area contributed by atoms with Crippen molar-refractivity contribution in [2.24, 2.45) is 0 Å². The highest BCUT2D eigenvalue weighted by Crippen LogP contribution is 2.27. The van der Waals surface area contributed by atoms with Crippen molar-refractivity contribution in [2.75, 3.05) is 18.0 Å². The number of hydrogen-bond acceptors (Lipinski definition) is 1. The lowest BCUT2D eigenvalue weighted by Gasteiger charge is -2.29. The van der Waals surface area contributed by atoms with Gasteiger partial charge in [0.2, 0.25) is 0 Å². The van der Waals surface area contributed by atoms with Gasteiger partial charge in [-0.15, -0.1) is 0 Å². The zero-order chi connectivity index (χ0) is 16.1. The number of rotatable bonds is 4. The van der Waals surface area contributed by atoms with Crippen molar-refractivity contribution in [1.82, 2.24) is 0 Å². The molecule has 0 spiro atoms. The predicted molar refractivity (Wildman–Crippen MR) is 101 cm³/mol. The number of anilines is 1. The Morgan fingerprint density at radius 2 is 1.43 bits per heavy atom. The Kier molecular flexibility index (Phi) is 5.19. The second-order valence-corrected chi connectivity index (χ2v) is 6.35. The topological polar surface area (TPSA) is 3.24 Å². The van der Waals surface area contributed by atoms with Crippen LogP contribution in [0.4, 0.5) is 5.69 Å². The fraction of sp³-hybridized carbons (Fsp3) is 0.238. The highest BCUT2D eigenvalue weighted by atomic mass is 35.5. The Bertz CT molecular complexity index is 677. The third-order valence-corrected chi connectivity index (χ3v) is 4.59. The molecule has 1 fully saturated rings. The van der Waals surface area contributed by atoms with E-state index in [1.807, 2.05) is 18.2 Å². The zero-order valence-corrected chi connectivity index (χ0v) is 14.1. The van der Waals surface area contributed by atoms with Crippen molar-refractivity contribution in [2.45, 2.75) is 19.3 Å². The maximum absolute atomic E-state index is 6.00. The number of piperidine rings is 1. The summed E-state index contributed by atoms with van der Waals surface area (Å²) in [6, 6.07) is 16.8. The van der Waals surface area contributed by atoms with Crippen LogP contribution >= 0.6 is 11.6 Å². The smallest absolute Gasteiger partial charge is 0.0406 e. The SMILES string of the molecule is C=CC=C(c1ccc(Cl)cc1)c1ccc(N2CCCCC2)cc1. The van der Waals surface area contributed by atoms with Crippen molar-refractivity contribution < 1.29 is 0 Å². The molecular weight excluding hydrogens is 302 g/mol. The summed E-state index contributed by atoms with van der Waals surface area (Å²) >= 11 is 6.00. The van der Waals surface area contributed by atoms with Crippen molar-refractivity contribution in [3.63, 3.8) is 0 Å². The van der Waals surface area contributed by atoms with Gasteiger partial charge < -0.3 is 4.90 Å². The Labute approximate surface area is 143 Å². The fourth-order valence-electron chi connectivity index (χ4n) is 3.11. The third kappa shape index (κ3) is 3.86. The molecule has 0 saturated carbocycles. The van der Waals surface area contributed by atoms with Crippen molar-refractivity contribution in [3.05, 3.63) is 83.4 Å². The third-order valence-electron chi connectivity index (χ3n) is 4.34. The molecule has 1 nitrogen and oxygen atoms in total. The lowest BCUT2D eigenvalue weighted by molar-refractivity contribution is 0.578. The molecule has 2 aromatic carbocycles. The van der Waals surface area contributed by atoms with E-state index < -0.39 is 0 Å². The number of hydrogen-bond donors (Lipinski definition) is 0. The van der Waals surface area contributed by atoms with Crippen LogP contribution in [0.15, 0.2) is 67.3 Å². The molecule has 1 aliphatic rings. The fourth-order valence-corrected chi connectivity index (χ4v) is 3.24. The van der Waals surface area contributed by atoms with Gasteiger partial charge in [-0.3, -0.25) is 0 Å². The van der Waals surface area contributed by atoms with Crippen molar-refractivity contribution in [3.8, 4) is 0 Å². The first kappa shape index (κ1) is 15.9. The molecule has 0 bridgehead atoms. The number of allylic oxidation sites excluding steroid dienone is 2. The van der Waals surface area contributed by atoms with E-state index in [0.717, 1.165) is 10.6 Å². The van der Waals surface area contributed by atoms with Crippen molar-refractivity contribution >= 4 is 22.9 Å².